The minimum atomic E-state index is -0.730. The number of halogens is 1. The Bertz CT molecular complexity index is 1230. The summed E-state index contributed by atoms with van der Waals surface area (Å²) in [6.45, 7) is 1.02. The summed E-state index contributed by atoms with van der Waals surface area (Å²) in [5.74, 6) is -0.0142. The van der Waals surface area contributed by atoms with E-state index in [1.165, 1.54) is 12.1 Å². The summed E-state index contributed by atoms with van der Waals surface area (Å²) in [6, 6.07) is 11.1. The lowest BCUT2D eigenvalue weighted by atomic mass is 10.0. The second kappa shape index (κ2) is 9.84. The van der Waals surface area contributed by atoms with Crippen molar-refractivity contribution in [1.29, 1.82) is 0 Å². The van der Waals surface area contributed by atoms with Crippen LogP contribution < -0.4 is 5.32 Å². The van der Waals surface area contributed by atoms with Crippen molar-refractivity contribution in [2.24, 2.45) is 0 Å². The number of rotatable bonds is 7. The van der Waals surface area contributed by atoms with Gasteiger partial charge in [-0.2, -0.15) is 11.8 Å². The predicted molar refractivity (Wildman–Crippen MR) is 130 cm³/mol. The number of hydrogen-bond donors (Lipinski definition) is 2. The van der Waals surface area contributed by atoms with Crippen molar-refractivity contribution in [3.05, 3.63) is 74.4 Å². The molecule has 1 aromatic heterocycles. The number of amides is 2. The fourth-order valence-corrected chi connectivity index (χ4v) is 4.76. The number of benzene rings is 2. The molecule has 1 unspecified atom stereocenters. The Labute approximate surface area is 199 Å². The second-order valence-corrected chi connectivity index (χ2v) is 9.26. The monoisotopic (exact) mass is 486 g/mol. The third-order valence-corrected chi connectivity index (χ3v) is 6.78. The first kappa shape index (κ1) is 23.1. The minimum Gasteiger partial charge on any atom is -0.358 e. The third-order valence-electron chi connectivity index (χ3n) is 5.81. The Hall–Kier alpha value is -3.04. The highest BCUT2D eigenvalue weighted by atomic mass is 35.5. The van der Waals surface area contributed by atoms with E-state index in [2.05, 4.69) is 10.3 Å². The number of carbonyl (C=O) groups excluding carboxylic acids is 2. The van der Waals surface area contributed by atoms with E-state index in [0.29, 0.717) is 31.7 Å². The van der Waals surface area contributed by atoms with Crippen LogP contribution in [0.2, 0.25) is 5.02 Å². The van der Waals surface area contributed by atoms with Gasteiger partial charge >= 0.3 is 0 Å². The van der Waals surface area contributed by atoms with Crippen LogP contribution in [-0.2, 0) is 17.8 Å². The first-order chi connectivity index (χ1) is 15.9. The molecule has 2 aromatic carbocycles. The average molecular weight is 487 g/mol. The number of nitrogens with zero attached hydrogens (tertiary/aromatic N) is 2. The molecule has 10 heteroatoms. The van der Waals surface area contributed by atoms with E-state index in [-0.39, 0.29) is 22.2 Å². The quantitative estimate of drug-likeness (QED) is 0.385. The van der Waals surface area contributed by atoms with Crippen LogP contribution in [0.25, 0.3) is 10.9 Å². The maximum Gasteiger partial charge on any atom is 0.288 e. The second-order valence-electron chi connectivity index (χ2n) is 7.87. The Morgan fingerprint density at radius 3 is 2.85 bits per heavy atom. The van der Waals surface area contributed by atoms with Gasteiger partial charge in [0.05, 0.1) is 4.92 Å². The van der Waals surface area contributed by atoms with Gasteiger partial charge in [-0.1, -0.05) is 29.8 Å². The summed E-state index contributed by atoms with van der Waals surface area (Å²) >= 11 is 7.44. The van der Waals surface area contributed by atoms with Gasteiger partial charge in [0, 0.05) is 53.3 Å². The van der Waals surface area contributed by atoms with Crippen LogP contribution in [0.5, 0.6) is 0 Å². The normalized spacial score (nSPS) is 14.1. The number of para-hydroxylation sites is 1. The number of H-pyrrole nitrogens is 1. The number of fused-ring (bicyclic) bond motifs is 3. The third kappa shape index (κ3) is 4.84. The zero-order chi connectivity index (χ0) is 23.5. The summed E-state index contributed by atoms with van der Waals surface area (Å²) < 4.78 is 0. The van der Waals surface area contributed by atoms with Gasteiger partial charge in [0.2, 0.25) is 5.91 Å². The number of hydrogen-bond acceptors (Lipinski definition) is 5. The predicted octanol–water partition coefficient (Wildman–Crippen LogP) is 4.17. The van der Waals surface area contributed by atoms with Crippen LogP contribution in [0.4, 0.5) is 5.69 Å². The van der Waals surface area contributed by atoms with Gasteiger partial charge in [0.25, 0.3) is 11.6 Å². The van der Waals surface area contributed by atoms with E-state index in [9.17, 15) is 19.7 Å². The molecule has 0 aliphatic carbocycles. The van der Waals surface area contributed by atoms with Crippen LogP contribution in [0.1, 0.15) is 28.0 Å². The van der Waals surface area contributed by atoms with E-state index in [0.717, 1.165) is 28.2 Å². The lowest BCUT2D eigenvalue weighted by molar-refractivity contribution is -0.384. The summed E-state index contributed by atoms with van der Waals surface area (Å²) in [5.41, 5.74) is 3.03. The lowest BCUT2D eigenvalue weighted by Gasteiger charge is -2.31. The lowest BCUT2D eigenvalue weighted by Crippen LogP contribution is -2.50. The van der Waals surface area contributed by atoms with E-state index >= 15 is 0 Å². The van der Waals surface area contributed by atoms with Crippen molar-refractivity contribution in [1.82, 2.24) is 15.2 Å². The molecule has 0 radical (unpaired) electrons. The number of thioether (sulfide) groups is 1. The Morgan fingerprint density at radius 2 is 2.09 bits per heavy atom. The van der Waals surface area contributed by atoms with Gasteiger partial charge in [-0.25, -0.2) is 0 Å². The summed E-state index contributed by atoms with van der Waals surface area (Å²) in [7, 11) is 0. The topological polar surface area (TPSA) is 108 Å². The minimum absolute atomic E-state index is 0.0468. The first-order valence-electron chi connectivity index (χ1n) is 10.5. The van der Waals surface area contributed by atoms with Gasteiger partial charge in [-0.15, -0.1) is 0 Å². The number of aromatic nitrogens is 1. The van der Waals surface area contributed by atoms with Crippen molar-refractivity contribution in [2.75, 3.05) is 18.6 Å². The van der Waals surface area contributed by atoms with Gasteiger partial charge < -0.3 is 15.2 Å². The van der Waals surface area contributed by atoms with Crippen LogP contribution in [0.15, 0.2) is 42.5 Å². The van der Waals surface area contributed by atoms with E-state index in [1.807, 2.05) is 30.5 Å². The van der Waals surface area contributed by atoms with Crippen LogP contribution in [-0.4, -0.2) is 51.2 Å². The molecule has 1 aliphatic rings. The largest absolute Gasteiger partial charge is 0.358 e. The Balaban J connectivity index is 1.53. The number of carbonyl (C=O) groups is 2. The average Bonchev–Trinajstić information content (AvgIpc) is 3.19. The summed E-state index contributed by atoms with van der Waals surface area (Å²) in [5, 5.41) is 15.0. The molecular formula is C23H23ClN4O4S. The number of aromatic amines is 1. The zero-order valence-corrected chi connectivity index (χ0v) is 19.5. The molecule has 0 saturated heterocycles. The molecule has 1 aliphatic heterocycles. The summed E-state index contributed by atoms with van der Waals surface area (Å²) in [6.07, 6.45) is 3.10. The molecule has 0 bridgehead atoms. The van der Waals surface area contributed by atoms with Crippen LogP contribution >= 0.6 is 23.4 Å². The van der Waals surface area contributed by atoms with E-state index in [4.69, 9.17) is 11.6 Å². The fourth-order valence-electron chi connectivity index (χ4n) is 4.10. The SMILES string of the molecule is CSCCC(NC(=O)c1ccc(Cl)c([N+](=O)[O-])c1)C(=O)N1CCc2[nH]c3ccccc3c2C1. The molecule has 33 heavy (non-hydrogen) atoms. The smallest absolute Gasteiger partial charge is 0.288 e. The first-order valence-corrected chi connectivity index (χ1v) is 12.3. The molecular weight excluding hydrogens is 464 g/mol. The summed E-state index contributed by atoms with van der Waals surface area (Å²) in [4.78, 5) is 42.0. The number of nitro groups is 1. The van der Waals surface area contributed by atoms with Gasteiger partial charge in [0.15, 0.2) is 0 Å². The molecule has 4 rings (SSSR count). The van der Waals surface area contributed by atoms with Crippen LogP contribution in [0.3, 0.4) is 0 Å². The highest BCUT2D eigenvalue weighted by Gasteiger charge is 2.30. The van der Waals surface area contributed by atoms with Crippen LogP contribution in [0, 0.1) is 10.1 Å². The van der Waals surface area contributed by atoms with Gasteiger partial charge in [-0.3, -0.25) is 19.7 Å². The molecule has 1 atom stereocenters. The fraction of sp³-hybridized carbons (Fsp3) is 0.304. The van der Waals surface area contributed by atoms with E-state index < -0.39 is 16.9 Å². The molecule has 2 heterocycles. The van der Waals surface area contributed by atoms with Crippen molar-refractivity contribution in [3.8, 4) is 0 Å². The van der Waals surface area contributed by atoms with Gasteiger partial charge in [-0.05, 0) is 36.6 Å². The number of nitro benzene ring substituents is 1. The Kier molecular flexibility index (Phi) is 6.90. The highest BCUT2D eigenvalue weighted by molar-refractivity contribution is 7.98. The molecule has 8 nitrogen and oxygen atoms in total. The Morgan fingerprint density at radius 1 is 1.30 bits per heavy atom. The molecule has 2 N–H and O–H groups in total. The molecule has 0 spiro atoms. The molecule has 2 amide bonds. The van der Waals surface area contributed by atoms with Gasteiger partial charge in [0.1, 0.15) is 11.1 Å². The van der Waals surface area contributed by atoms with Crippen molar-refractivity contribution >= 4 is 51.8 Å². The maximum absolute atomic E-state index is 13.4. The van der Waals surface area contributed by atoms with Crippen molar-refractivity contribution in [3.63, 3.8) is 0 Å². The zero-order valence-electron chi connectivity index (χ0n) is 18.0. The molecule has 0 fully saturated rings. The van der Waals surface area contributed by atoms with E-state index in [1.54, 1.807) is 16.7 Å². The number of nitrogens with one attached hydrogen (secondary N) is 2. The van der Waals surface area contributed by atoms with Crippen molar-refractivity contribution < 1.29 is 14.5 Å². The highest BCUT2D eigenvalue weighted by Crippen LogP contribution is 2.28. The van der Waals surface area contributed by atoms with Crippen molar-refractivity contribution in [2.45, 2.75) is 25.4 Å². The molecule has 172 valence electrons. The molecule has 0 saturated carbocycles. The maximum atomic E-state index is 13.4. The standard InChI is InChI=1S/C23H23ClN4O4S/c1-33-11-9-20(26-22(29)14-6-7-17(24)21(12-14)28(31)32)23(30)27-10-8-19-16(13-27)15-4-2-3-5-18(15)25-19/h2-7,12,20,25H,8-11,13H2,1H3,(H,26,29). The molecule has 3 aromatic rings.